The van der Waals surface area contributed by atoms with E-state index in [2.05, 4.69) is 15.3 Å². The normalized spacial score (nSPS) is 14.3. The predicted octanol–water partition coefficient (Wildman–Crippen LogP) is 2.02. The van der Waals surface area contributed by atoms with Gasteiger partial charge in [0, 0.05) is 6.04 Å². The van der Waals surface area contributed by atoms with Crippen molar-refractivity contribution in [3.05, 3.63) is 30.1 Å². The van der Waals surface area contributed by atoms with E-state index in [1.165, 1.54) is 7.11 Å². The van der Waals surface area contributed by atoms with E-state index < -0.39 is 0 Å². The molecule has 0 fully saturated rings. The number of nitrogens with zero attached hydrogens (tertiary/aromatic N) is 1. The summed E-state index contributed by atoms with van der Waals surface area (Å²) in [7, 11) is 3.28. The molecule has 2 rings (SSSR count). The van der Waals surface area contributed by atoms with E-state index in [9.17, 15) is 4.79 Å². The molecule has 1 aromatic carbocycles. The molecule has 1 heterocycles. The quantitative estimate of drug-likeness (QED) is 0.808. The molecule has 0 saturated heterocycles. The zero-order valence-corrected chi connectivity index (χ0v) is 11.4. The highest BCUT2D eigenvalue weighted by Gasteiger charge is 2.27. The number of H-pyrrole nitrogens is 1. The van der Waals surface area contributed by atoms with Crippen molar-refractivity contribution >= 4 is 17.0 Å². The van der Waals surface area contributed by atoms with E-state index in [0.717, 1.165) is 23.0 Å². The van der Waals surface area contributed by atoms with Gasteiger partial charge in [-0.15, -0.1) is 0 Å². The molecule has 2 unspecified atom stereocenters. The zero-order chi connectivity index (χ0) is 13.8. The molecule has 19 heavy (non-hydrogen) atoms. The van der Waals surface area contributed by atoms with Crippen LogP contribution >= 0.6 is 0 Å². The minimum atomic E-state index is -0.199. The summed E-state index contributed by atoms with van der Waals surface area (Å²) < 4.78 is 4.88. The number of aromatic nitrogens is 2. The zero-order valence-electron chi connectivity index (χ0n) is 11.4. The summed E-state index contributed by atoms with van der Waals surface area (Å²) >= 11 is 0. The third-order valence-corrected chi connectivity index (χ3v) is 3.46. The van der Waals surface area contributed by atoms with Crippen molar-refractivity contribution in [2.45, 2.75) is 19.4 Å². The van der Waals surface area contributed by atoms with Gasteiger partial charge in [0.1, 0.15) is 0 Å². The maximum atomic E-state index is 11.8. The lowest BCUT2D eigenvalue weighted by Crippen LogP contribution is -2.31. The van der Waals surface area contributed by atoms with E-state index in [0.29, 0.717) is 0 Å². The fourth-order valence-corrected chi connectivity index (χ4v) is 2.44. The Balaban J connectivity index is 2.36. The predicted molar refractivity (Wildman–Crippen MR) is 73.7 cm³/mol. The van der Waals surface area contributed by atoms with Gasteiger partial charge in [-0.1, -0.05) is 13.0 Å². The molecule has 0 spiro atoms. The lowest BCUT2D eigenvalue weighted by molar-refractivity contribution is -0.146. The van der Waals surface area contributed by atoms with Gasteiger partial charge in [-0.3, -0.25) is 4.79 Å². The molecule has 0 saturated carbocycles. The minimum absolute atomic E-state index is 0.0647. The summed E-state index contributed by atoms with van der Waals surface area (Å²) in [6.45, 7) is 1.99. The maximum absolute atomic E-state index is 11.8. The smallest absolute Gasteiger partial charge is 0.310 e. The molecular formula is C14H19N3O2. The average Bonchev–Trinajstić information content (AvgIpc) is 2.91. The summed E-state index contributed by atoms with van der Waals surface area (Å²) in [6.07, 6.45) is 2.39. The van der Waals surface area contributed by atoms with E-state index in [1.54, 1.807) is 6.33 Å². The minimum Gasteiger partial charge on any atom is -0.469 e. The molecule has 2 atom stereocenters. The third kappa shape index (κ3) is 2.61. The van der Waals surface area contributed by atoms with Crippen LogP contribution in [0.5, 0.6) is 0 Å². The van der Waals surface area contributed by atoms with Gasteiger partial charge in [-0.05, 0) is 31.2 Å². The number of esters is 1. The fraction of sp³-hybridized carbons (Fsp3) is 0.429. The van der Waals surface area contributed by atoms with Crippen molar-refractivity contribution in [2.24, 2.45) is 5.92 Å². The Morgan fingerprint density at radius 1 is 1.53 bits per heavy atom. The number of nitrogens with one attached hydrogen (secondary N) is 2. The van der Waals surface area contributed by atoms with Crippen molar-refractivity contribution in [3.8, 4) is 0 Å². The Morgan fingerprint density at radius 2 is 2.32 bits per heavy atom. The molecule has 0 aliphatic heterocycles. The van der Waals surface area contributed by atoms with Gasteiger partial charge in [0.15, 0.2) is 0 Å². The van der Waals surface area contributed by atoms with Crippen LogP contribution in [-0.4, -0.2) is 30.1 Å². The van der Waals surface area contributed by atoms with Crippen molar-refractivity contribution in [1.29, 1.82) is 0 Å². The summed E-state index contributed by atoms with van der Waals surface area (Å²) in [4.78, 5) is 19.1. The second-order valence-electron chi connectivity index (χ2n) is 4.48. The number of imidazole rings is 1. The second kappa shape index (κ2) is 5.84. The molecule has 0 aliphatic rings. The highest BCUT2D eigenvalue weighted by atomic mass is 16.5. The van der Waals surface area contributed by atoms with Crippen molar-refractivity contribution in [2.75, 3.05) is 14.2 Å². The number of carbonyl (C=O) groups is 1. The van der Waals surface area contributed by atoms with E-state index in [-0.39, 0.29) is 17.9 Å². The maximum Gasteiger partial charge on any atom is 0.310 e. The van der Waals surface area contributed by atoms with Crippen LogP contribution in [0.25, 0.3) is 11.0 Å². The van der Waals surface area contributed by atoms with Crippen LogP contribution in [0, 0.1) is 5.92 Å². The van der Waals surface area contributed by atoms with Gasteiger partial charge in [0.05, 0.1) is 30.4 Å². The molecule has 0 radical (unpaired) electrons. The summed E-state index contributed by atoms with van der Waals surface area (Å²) in [6, 6.07) is 5.91. The van der Waals surface area contributed by atoms with Gasteiger partial charge in [-0.2, -0.15) is 0 Å². The molecule has 5 nitrogen and oxygen atoms in total. The number of fused-ring (bicyclic) bond motifs is 1. The lowest BCUT2D eigenvalue weighted by atomic mass is 9.91. The second-order valence-corrected chi connectivity index (χ2v) is 4.48. The first-order valence-corrected chi connectivity index (χ1v) is 6.39. The van der Waals surface area contributed by atoms with Gasteiger partial charge in [0.25, 0.3) is 0 Å². The van der Waals surface area contributed by atoms with Crippen molar-refractivity contribution < 1.29 is 9.53 Å². The third-order valence-electron chi connectivity index (χ3n) is 3.46. The number of hydrogen-bond acceptors (Lipinski definition) is 4. The number of benzene rings is 1. The van der Waals surface area contributed by atoms with Crippen LogP contribution in [-0.2, 0) is 9.53 Å². The first kappa shape index (κ1) is 13.5. The van der Waals surface area contributed by atoms with Crippen LogP contribution in [0.15, 0.2) is 24.5 Å². The number of aromatic amines is 1. The molecule has 1 aromatic heterocycles. The van der Waals surface area contributed by atoms with E-state index in [1.807, 2.05) is 32.2 Å². The SMILES string of the molecule is CCC(C(=O)OC)C(NC)c1ccc2nc[nH]c2c1. The number of ether oxygens (including phenoxy) is 1. The Bertz CT molecular complexity index is 565. The Morgan fingerprint density at radius 3 is 2.95 bits per heavy atom. The highest BCUT2D eigenvalue weighted by molar-refractivity contribution is 5.77. The molecular weight excluding hydrogens is 242 g/mol. The Hall–Kier alpha value is -1.88. The molecule has 5 heteroatoms. The van der Waals surface area contributed by atoms with Crippen LogP contribution in [0.1, 0.15) is 24.9 Å². The first-order chi connectivity index (χ1) is 9.21. The lowest BCUT2D eigenvalue weighted by Gasteiger charge is -2.24. The van der Waals surface area contributed by atoms with E-state index >= 15 is 0 Å². The standard InChI is InChI=1S/C14H19N3O2/c1-4-10(14(18)19-3)13(15-2)9-5-6-11-12(7-9)17-8-16-11/h5-8,10,13,15H,4H2,1-3H3,(H,16,17). The van der Waals surface area contributed by atoms with Gasteiger partial charge >= 0.3 is 5.97 Å². The van der Waals surface area contributed by atoms with Crippen molar-refractivity contribution in [1.82, 2.24) is 15.3 Å². The summed E-state index contributed by atoms with van der Waals surface area (Å²) in [5.41, 5.74) is 2.94. The average molecular weight is 261 g/mol. The number of rotatable bonds is 5. The monoisotopic (exact) mass is 261 g/mol. The fourth-order valence-electron chi connectivity index (χ4n) is 2.44. The van der Waals surface area contributed by atoms with E-state index in [4.69, 9.17) is 4.74 Å². The first-order valence-electron chi connectivity index (χ1n) is 6.39. The van der Waals surface area contributed by atoms with Gasteiger partial charge < -0.3 is 15.0 Å². The molecule has 0 bridgehead atoms. The molecule has 102 valence electrons. The highest BCUT2D eigenvalue weighted by Crippen LogP contribution is 2.27. The summed E-state index contributed by atoms with van der Waals surface area (Å²) in [5, 5.41) is 3.21. The molecule has 2 N–H and O–H groups in total. The molecule has 2 aromatic rings. The molecule has 0 amide bonds. The summed E-state index contributed by atoms with van der Waals surface area (Å²) in [5.74, 6) is -0.387. The van der Waals surface area contributed by atoms with Gasteiger partial charge in [0.2, 0.25) is 0 Å². The van der Waals surface area contributed by atoms with Crippen LogP contribution in [0.4, 0.5) is 0 Å². The van der Waals surface area contributed by atoms with Crippen LogP contribution in [0.3, 0.4) is 0 Å². The molecule has 0 aliphatic carbocycles. The van der Waals surface area contributed by atoms with Crippen molar-refractivity contribution in [3.63, 3.8) is 0 Å². The largest absolute Gasteiger partial charge is 0.469 e. The topological polar surface area (TPSA) is 67.0 Å². The van der Waals surface area contributed by atoms with Gasteiger partial charge in [-0.25, -0.2) is 4.98 Å². The Kier molecular flexibility index (Phi) is 4.16. The number of hydrogen-bond donors (Lipinski definition) is 2. The van der Waals surface area contributed by atoms with Crippen LogP contribution in [0.2, 0.25) is 0 Å². The number of methoxy groups -OCH3 is 1. The Labute approximate surface area is 112 Å². The van der Waals surface area contributed by atoms with Crippen LogP contribution < -0.4 is 5.32 Å². The number of carbonyl (C=O) groups excluding carboxylic acids is 1.